The van der Waals surface area contributed by atoms with E-state index in [4.69, 9.17) is 9.47 Å². The molecule has 0 bridgehead atoms. The fourth-order valence-electron chi connectivity index (χ4n) is 1.63. The van der Waals surface area contributed by atoms with E-state index in [0.29, 0.717) is 25.9 Å². The Balaban J connectivity index is 2.38. The first kappa shape index (κ1) is 15.6. The van der Waals surface area contributed by atoms with E-state index >= 15 is 0 Å². The summed E-state index contributed by atoms with van der Waals surface area (Å²) in [4.78, 5) is 4.38. The highest BCUT2D eigenvalue weighted by Gasteiger charge is 2.09. The summed E-state index contributed by atoms with van der Waals surface area (Å²) in [6, 6.07) is 4.33. The molecule has 1 atom stereocenters. The van der Waals surface area contributed by atoms with Crippen LogP contribution in [0.1, 0.15) is 12.6 Å². The Morgan fingerprint density at radius 2 is 2.22 bits per heavy atom. The van der Waals surface area contributed by atoms with Gasteiger partial charge in [0.25, 0.3) is 0 Å². The van der Waals surface area contributed by atoms with Crippen LogP contribution in [0.2, 0.25) is 0 Å². The number of halogens is 1. The number of likely N-dealkylation sites (N-methyl/N-ethyl adjacent to an activating group) is 1. The third kappa shape index (κ3) is 6.44. The summed E-state index contributed by atoms with van der Waals surface area (Å²) >= 11 is 3.38. The minimum absolute atomic E-state index is 0.292. The summed E-state index contributed by atoms with van der Waals surface area (Å²) in [5, 5.41) is 3.41. The van der Waals surface area contributed by atoms with Crippen LogP contribution in [0.15, 0.2) is 22.8 Å². The van der Waals surface area contributed by atoms with Crippen molar-refractivity contribution in [3.63, 3.8) is 0 Å². The van der Waals surface area contributed by atoms with Crippen molar-refractivity contribution >= 4 is 15.9 Å². The number of aromatic nitrogens is 1. The van der Waals surface area contributed by atoms with E-state index in [9.17, 15) is 0 Å². The molecule has 0 saturated heterocycles. The Labute approximate surface area is 117 Å². The number of nitrogens with zero attached hydrogens (tertiary/aromatic N) is 1. The minimum atomic E-state index is 0.292. The minimum Gasteiger partial charge on any atom is -0.382 e. The standard InChI is InChI=1S/C13H21BrN2O2/c1-3-15-13(10-18-7-6-17-2)8-12-5-4-11(14)9-16-12/h4-5,9,13,15H,3,6-8,10H2,1-2H3. The summed E-state index contributed by atoms with van der Waals surface area (Å²) < 4.78 is 11.5. The van der Waals surface area contributed by atoms with E-state index in [1.807, 2.05) is 18.3 Å². The highest BCUT2D eigenvalue weighted by atomic mass is 79.9. The first-order valence-corrected chi connectivity index (χ1v) is 6.96. The molecule has 1 aromatic heterocycles. The van der Waals surface area contributed by atoms with Gasteiger partial charge >= 0.3 is 0 Å². The van der Waals surface area contributed by atoms with E-state index in [2.05, 4.69) is 33.2 Å². The molecule has 0 spiro atoms. The molecule has 1 aromatic rings. The molecule has 0 aliphatic rings. The van der Waals surface area contributed by atoms with Gasteiger partial charge in [0.1, 0.15) is 0 Å². The van der Waals surface area contributed by atoms with E-state index < -0.39 is 0 Å². The van der Waals surface area contributed by atoms with Crippen molar-refractivity contribution in [2.75, 3.05) is 33.5 Å². The van der Waals surface area contributed by atoms with Gasteiger partial charge in [0.2, 0.25) is 0 Å². The largest absolute Gasteiger partial charge is 0.382 e. The predicted molar refractivity (Wildman–Crippen MR) is 75.8 cm³/mol. The average Bonchev–Trinajstić information content (AvgIpc) is 2.37. The fourth-order valence-corrected chi connectivity index (χ4v) is 1.86. The summed E-state index contributed by atoms with van der Waals surface area (Å²) in [6.45, 7) is 4.96. The van der Waals surface area contributed by atoms with Crippen LogP contribution in [-0.4, -0.2) is 44.5 Å². The summed E-state index contributed by atoms with van der Waals surface area (Å²) in [5.74, 6) is 0. The van der Waals surface area contributed by atoms with Crippen molar-refractivity contribution in [3.8, 4) is 0 Å². The van der Waals surface area contributed by atoms with E-state index in [1.165, 1.54) is 0 Å². The van der Waals surface area contributed by atoms with E-state index in [1.54, 1.807) is 7.11 Å². The van der Waals surface area contributed by atoms with Crippen LogP contribution in [0.4, 0.5) is 0 Å². The van der Waals surface area contributed by atoms with Gasteiger partial charge in [-0.25, -0.2) is 0 Å². The Morgan fingerprint density at radius 1 is 1.39 bits per heavy atom. The second-order valence-corrected chi connectivity index (χ2v) is 4.91. The molecule has 18 heavy (non-hydrogen) atoms. The molecule has 0 fully saturated rings. The quantitative estimate of drug-likeness (QED) is 0.708. The molecule has 1 unspecified atom stereocenters. The number of hydrogen-bond donors (Lipinski definition) is 1. The molecule has 1 heterocycles. The van der Waals surface area contributed by atoms with Crippen molar-refractivity contribution < 1.29 is 9.47 Å². The second kappa shape index (κ2) is 9.44. The van der Waals surface area contributed by atoms with Crippen LogP contribution in [-0.2, 0) is 15.9 Å². The first-order chi connectivity index (χ1) is 8.76. The second-order valence-electron chi connectivity index (χ2n) is 3.99. The van der Waals surface area contributed by atoms with Gasteiger partial charge < -0.3 is 14.8 Å². The molecule has 4 nitrogen and oxygen atoms in total. The Bertz CT molecular complexity index is 319. The molecule has 1 rings (SSSR count). The lowest BCUT2D eigenvalue weighted by Crippen LogP contribution is -2.36. The van der Waals surface area contributed by atoms with Gasteiger partial charge in [0, 0.05) is 35.9 Å². The molecule has 0 aliphatic heterocycles. The van der Waals surface area contributed by atoms with Gasteiger partial charge in [-0.3, -0.25) is 4.98 Å². The normalized spacial score (nSPS) is 12.6. The van der Waals surface area contributed by atoms with Crippen molar-refractivity contribution in [1.29, 1.82) is 0 Å². The van der Waals surface area contributed by atoms with Crippen LogP contribution in [0, 0.1) is 0 Å². The van der Waals surface area contributed by atoms with Crippen LogP contribution in [0.5, 0.6) is 0 Å². The topological polar surface area (TPSA) is 43.4 Å². The predicted octanol–water partition coefficient (Wildman–Crippen LogP) is 2.03. The maximum absolute atomic E-state index is 5.56. The summed E-state index contributed by atoms with van der Waals surface area (Å²) in [5.41, 5.74) is 1.07. The highest BCUT2D eigenvalue weighted by Crippen LogP contribution is 2.09. The van der Waals surface area contributed by atoms with Crippen LogP contribution in [0.25, 0.3) is 0 Å². The van der Waals surface area contributed by atoms with Gasteiger partial charge in [0.15, 0.2) is 0 Å². The molecular weight excluding hydrogens is 296 g/mol. The smallest absolute Gasteiger partial charge is 0.0701 e. The van der Waals surface area contributed by atoms with Gasteiger partial charge in [0.05, 0.1) is 19.8 Å². The maximum Gasteiger partial charge on any atom is 0.0701 e. The Morgan fingerprint density at radius 3 is 2.83 bits per heavy atom. The highest BCUT2D eigenvalue weighted by molar-refractivity contribution is 9.10. The molecule has 0 saturated carbocycles. The molecule has 102 valence electrons. The SMILES string of the molecule is CCNC(COCCOC)Cc1ccc(Br)cn1. The van der Waals surface area contributed by atoms with E-state index in [0.717, 1.165) is 23.1 Å². The Kier molecular flexibility index (Phi) is 8.17. The van der Waals surface area contributed by atoms with Gasteiger partial charge in [-0.05, 0) is 34.6 Å². The van der Waals surface area contributed by atoms with Crippen LogP contribution < -0.4 is 5.32 Å². The number of methoxy groups -OCH3 is 1. The molecular formula is C13H21BrN2O2. The monoisotopic (exact) mass is 316 g/mol. The number of ether oxygens (including phenoxy) is 2. The van der Waals surface area contributed by atoms with Crippen molar-refractivity contribution in [2.24, 2.45) is 0 Å². The molecule has 0 aromatic carbocycles. The molecule has 0 radical (unpaired) electrons. The van der Waals surface area contributed by atoms with Crippen LogP contribution in [0.3, 0.4) is 0 Å². The number of rotatable bonds is 9. The summed E-state index contributed by atoms with van der Waals surface area (Å²) in [7, 11) is 1.68. The van der Waals surface area contributed by atoms with Crippen molar-refractivity contribution in [3.05, 3.63) is 28.5 Å². The number of hydrogen-bond acceptors (Lipinski definition) is 4. The lowest BCUT2D eigenvalue weighted by Gasteiger charge is -2.17. The molecule has 5 heteroatoms. The zero-order chi connectivity index (χ0) is 13.2. The molecule has 1 N–H and O–H groups in total. The lowest BCUT2D eigenvalue weighted by molar-refractivity contribution is 0.0588. The van der Waals surface area contributed by atoms with Gasteiger partial charge in [-0.15, -0.1) is 0 Å². The third-order valence-corrected chi connectivity index (χ3v) is 2.96. The maximum atomic E-state index is 5.56. The fraction of sp³-hybridized carbons (Fsp3) is 0.615. The zero-order valence-electron chi connectivity index (χ0n) is 11.0. The van der Waals surface area contributed by atoms with Crippen LogP contribution >= 0.6 is 15.9 Å². The Hall–Kier alpha value is -0.490. The van der Waals surface area contributed by atoms with E-state index in [-0.39, 0.29) is 0 Å². The summed E-state index contributed by atoms with van der Waals surface area (Å²) in [6.07, 6.45) is 2.69. The molecule has 0 aliphatic carbocycles. The number of pyridine rings is 1. The lowest BCUT2D eigenvalue weighted by atomic mass is 10.1. The van der Waals surface area contributed by atoms with Crippen molar-refractivity contribution in [2.45, 2.75) is 19.4 Å². The van der Waals surface area contributed by atoms with Crippen molar-refractivity contribution in [1.82, 2.24) is 10.3 Å². The third-order valence-electron chi connectivity index (χ3n) is 2.49. The first-order valence-electron chi connectivity index (χ1n) is 6.16. The van der Waals surface area contributed by atoms with Gasteiger partial charge in [-0.1, -0.05) is 6.92 Å². The number of nitrogens with one attached hydrogen (secondary N) is 1. The van der Waals surface area contributed by atoms with Gasteiger partial charge in [-0.2, -0.15) is 0 Å². The zero-order valence-corrected chi connectivity index (χ0v) is 12.6. The molecule has 0 amide bonds. The average molecular weight is 317 g/mol.